The van der Waals surface area contributed by atoms with Gasteiger partial charge < -0.3 is 15.2 Å². The van der Waals surface area contributed by atoms with Crippen LogP contribution in [0.4, 0.5) is 5.82 Å². The Balaban J connectivity index is 1.52. The molecule has 0 spiro atoms. The summed E-state index contributed by atoms with van der Waals surface area (Å²) in [5, 5.41) is 13.9. The first-order valence-corrected chi connectivity index (χ1v) is 11.4. The summed E-state index contributed by atoms with van der Waals surface area (Å²) in [7, 11) is 1.88. The van der Waals surface area contributed by atoms with Gasteiger partial charge in [0.1, 0.15) is 23.7 Å². The van der Waals surface area contributed by atoms with Crippen molar-refractivity contribution in [2.24, 2.45) is 13.0 Å². The second-order valence-corrected chi connectivity index (χ2v) is 8.74. The molecular formula is C24H30N6O3. The molecule has 9 nitrogen and oxygen atoms in total. The van der Waals surface area contributed by atoms with Crippen LogP contribution in [0.2, 0.25) is 0 Å². The first-order valence-electron chi connectivity index (χ1n) is 11.4. The first kappa shape index (κ1) is 22.7. The van der Waals surface area contributed by atoms with Crippen LogP contribution in [-0.4, -0.2) is 37.8 Å². The van der Waals surface area contributed by atoms with Crippen molar-refractivity contribution in [3.63, 3.8) is 0 Å². The molecule has 2 amide bonds. The first-order chi connectivity index (χ1) is 15.9. The summed E-state index contributed by atoms with van der Waals surface area (Å²) in [6.45, 7) is 3.70. The fraction of sp³-hybridized carbons (Fsp3) is 0.458. The molecule has 3 aromatic rings. The second-order valence-electron chi connectivity index (χ2n) is 8.74. The third-order valence-electron chi connectivity index (χ3n) is 6.34. The highest BCUT2D eigenvalue weighted by Crippen LogP contribution is 2.27. The molecule has 33 heavy (non-hydrogen) atoms. The number of aromatic nitrogens is 4. The Bertz CT molecular complexity index is 1090. The minimum absolute atomic E-state index is 0.0629. The van der Waals surface area contributed by atoms with Crippen LogP contribution in [0.25, 0.3) is 11.3 Å². The number of carbonyl (C=O) groups is 2. The average Bonchev–Trinajstić information content (AvgIpc) is 3.26. The number of amides is 2. The smallest absolute Gasteiger partial charge is 0.257 e. The summed E-state index contributed by atoms with van der Waals surface area (Å²) in [6.07, 6.45) is 11.0. The van der Waals surface area contributed by atoms with Gasteiger partial charge in [0, 0.05) is 18.8 Å². The summed E-state index contributed by atoms with van der Waals surface area (Å²) < 4.78 is 6.70. The normalized spacial score (nSPS) is 15.6. The number of hydrogen-bond acceptors (Lipinski definition) is 6. The van der Waals surface area contributed by atoms with Gasteiger partial charge in [-0.15, -0.1) is 0 Å². The lowest BCUT2D eigenvalue weighted by atomic mass is 9.91. The Morgan fingerprint density at radius 2 is 1.88 bits per heavy atom. The zero-order chi connectivity index (χ0) is 23.4. The molecule has 0 radical (unpaired) electrons. The molecular weight excluding hydrogens is 420 g/mol. The van der Waals surface area contributed by atoms with E-state index < -0.39 is 6.04 Å². The molecule has 0 aliphatic heterocycles. The van der Waals surface area contributed by atoms with Crippen LogP contribution in [0.3, 0.4) is 0 Å². The highest BCUT2D eigenvalue weighted by Gasteiger charge is 2.31. The molecule has 0 bridgehead atoms. The Kier molecular flexibility index (Phi) is 6.86. The fourth-order valence-electron chi connectivity index (χ4n) is 4.54. The molecule has 2 N–H and O–H groups in total. The molecule has 9 heteroatoms. The molecule has 1 unspecified atom stereocenters. The fourth-order valence-corrected chi connectivity index (χ4v) is 4.54. The van der Waals surface area contributed by atoms with Crippen molar-refractivity contribution in [2.75, 3.05) is 5.32 Å². The molecule has 3 heterocycles. The molecule has 3 aromatic heterocycles. The van der Waals surface area contributed by atoms with Crippen LogP contribution in [-0.2, 0) is 11.8 Å². The number of pyridine rings is 1. The van der Waals surface area contributed by atoms with Gasteiger partial charge in [0.15, 0.2) is 0 Å². The summed E-state index contributed by atoms with van der Waals surface area (Å²) in [6, 6.07) is 3.02. The van der Waals surface area contributed by atoms with E-state index in [0.717, 1.165) is 55.3 Å². The van der Waals surface area contributed by atoms with Gasteiger partial charge in [-0.05, 0) is 50.3 Å². The van der Waals surface area contributed by atoms with Crippen LogP contribution in [0.5, 0.6) is 0 Å². The highest BCUT2D eigenvalue weighted by molar-refractivity contribution is 6.01. The molecule has 0 aromatic carbocycles. The molecule has 4 rings (SSSR count). The largest absolute Gasteiger partial charge is 0.364 e. The Labute approximate surface area is 192 Å². The van der Waals surface area contributed by atoms with E-state index in [1.165, 1.54) is 6.26 Å². The van der Waals surface area contributed by atoms with Crippen LogP contribution in [0, 0.1) is 19.8 Å². The van der Waals surface area contributed by atoms with Crippen molar-refractivity contribution >= 4 is 17.6 Å². The lowest BCUT2D eigenvalue weighted by Gasteiger charge is -2.26. The minimum Gasteiger partial charge on any atom is -0.364 e. The zero-order valence-corrected chi connectivity index (χ0v) is 19.3. The van der Waals surface area contributed by atoms with E-state index in [1.807, 2.05) is 26.2 Å². The summed E-state index contributed by atoms with van der Waals surface area (Å²) in [5.41, 5.74) is 3.79. The van der Waals surface area contributed by atoms with E-state index in [1.54, 1.807) is 23.9 Å². The predicted molar refractivity (Wildman–Crippen MR) is 123 cm³/mol. The number of rotatable bonds is 6. The van der Waals surface area contributed by atoms with Crippen LogP contribution in [0.15, 0.2) is 35.3 Å². The Morgan fingerprint density at radius 3 is 2.45 bits per heavy atom. The monoisotopic (exact) mass is 450 g/mol. The maximum absolute atomic E-state index is 13.3. The summed E-state index contributed by atoms with van der Waals surface area (Å²) in [4.78, 5) is 30.6. The van der Waals surface area contributed by atoms with Gasteiger partial charge in [0.2, 0.25) is 5.91 Å². The van der Waals surface area contributed by atoms with Crippen molar-refractivity contribution < 1.29 is 14.1 Å². The quantitative estimate of drug-likeness (QED) is 0.552. The predicted octanol–water partition coefficient (Wildman–Crippen LogP) is 3.79. The number of hydrogen-bond donors (Lipinski definition) is 2. The van der Waals surface area contributed by atoms with Crippen molar-refractivity contribution in [1.82, 2.24) is 25.2 Å². The zero-order valence-electron chi connectivity index (χ0n) is 19.3. The number of anilines is 1. The molecule has 1 aliphatic carbocycles. The number of nitrogens with zero attached hydrogens (tertiary/aromatic N) is 4. The molecule has 174 valence electrons. The van der Waals surface area contributed by atoms with E-state index in [9.17, 15) is 9.59 Å². The maximum atomic E-state index is 13.3. The minimum atomic E-state index is -0.661. The van der Waals surface area contributed by atoms with Crippen LogP contribution < -0.4 is 10.6 Å². The van der Waals surface area contributed by atoms with Crippen molar-refractivity contribution in [2.45, 2.75) is 58.4 Å². The second kappa shape index (κ2) is 9.97. The van der Waals surface area contributed by atoms with Crippen LogP contribution in [0.1, 0.15) is 60.1 Å². The molecule has 1 aliphatic rings. The third kappa shape index (κ3) is 5.13. The van der Waals surface area contributed by atoms with E-state index in [2.05, 4.69) is 25.9 Å². The SMILES string of the molecule is Cc1cnn(C)c1-c1ccc(NC(=O)C(NC(=O)c2conc2C)C2CCCCCC2)nc1. The number of carbonyl (C=O) groups excluding carboxylic acids is 2. The molecule has 1 atom stereocenters. The summed E-state index contributed by atoms with van der Waals surface area (Å²) >= 11 is 0. The topological polar surface area (TPSA) is 115 Å². The highest BCUT2D eigenvalue weighted by atomic mass is 16.5. The molecule has 0 saturated heterocycles. The molecule has 1 saturated carbocycles. The van der Waals surface area contributed by atoms with E-state index in [0.29, 0.717) is 17.1 Å². The van der Waals surface area contributed by atoms with Gasteiger partial charge >= 0.3 is 0 Å². The Morgan fingerprint density at radius 1 is 1.12 bits per heavy atom. The van der Waals surface area contributed by atoms with Gasteiger partial charge in [0.05, 0.1) is 17.6 Å². The van der Waals surface area contributed by atoms with Crippen molar-refractivity contribution in [3.8, 4) is 11.3 Å². The molecule has 1 fully saturated rings. The van der Waals surface area contributed by atoms with Gasteiger partial charge in [-0.3, -0.25) is 14.3 Å². The standard InChI is InChI=1S/C24H30N6O3/c1-15-12-26-30(3)22(15)18-10-11-20(25-13-18)27-24(32)21(17-8-6-4-5-7-9-17)28-23(31)19-14-33-29-16(19)2/h10-14,17,21H,4-9H2,1-3H3,(H,28,31)(H,25,27,32). The summed E-state index contributed by atoms with van der Waals surface area (Å²) in [5.74, 6) is -0.111. The van der Waals surface area contributed by atoms with Gasteiger partial charge in [-0.25, -0.2) is 4.98 Å². The van der Waals surface area contributed by atoms with E-state index >= 15 is 0 Å². The van der Waals surface area contributed by atoms with E-state index in [-0.39, 0.29) is 17.7 Å². The lowest BCUT2D eigenvalue weighted by Crippen LogP contribution is -2.48. The van der Waals surface area contributed by atoms with Crippen LogP contribution >= 0.6 is 0 Å². The van der Waals surface area contributed by atoms with Crippen molar-refractivity contribution in [3.05, 3.63) is 47.6 Å². The Hall–Kier alpha value is -3.49. The van der Waals surface area contributed by atoms with Gasteiger partial charge in [-0.2, -0.15) is 5.10 Å². The number of aryl methyl sites for hydroxylation is 3. The average molecular weight is 451 g/mol. The van der Waals surface area contributed by atoms with Gasteiger partial charge in [-0.1, -0.05) is 30.8 Å². The van der Waals surface area contributed by atoms with Crippen molar-refractivity contribution in [1.29, 1.82) is 0 Å². The third-order valence-corrected chi connectivity index (χ3v) is 6.34. The van der Waals surface area contributed by atoms with Gasteiger partial charge in [0.25, 0.3) is 5.91 Å². The van der Waals surface area contributed by atoms with E-state index in [4.69, 9.17) is 4.52 Å². The maximum Gasteiger partial charge on any atom is 0.257 e. The number of nitrogens with one attached hydrogen (secondary N) is 2. The lowest BCUT2D eigenvalue weighted by molar-refractivity contribution is -0.119.